The quantitative estimate of drug-likeness (QED) is 0.633. The molecule has 148 valence electrons. The fourth-order valence-corrected chi connectivity index (χ4v) is 4.08. The average Bonchev–Trinajstić information content (AvgIpc) is 3.12. The molecule has 1 heterocycles. The van der Waals surface area contributed by atoms with Gasteiger partial charge >= 0.3 is 0 Å². The molecule has 28 heavy (non-hydrogen) atoms. The minimum absolute atomic E-state index is 0.113. The van der Waals surface area contributed by atoms with Gasteiger partial charge in [-0.15, -0.1) is 0 Å². The molecule has 0 saturated heterocycles. The van der Waals surface area contributed by atoms with Crippen LogP contribution in [0.25, 0.3) is 11.0 Å². The van der Waals surface area contributed by atoms with Crippen LogP contribution in [0.2, 0.25) is 0 Å². The van der Waals surface area contributed by atoms with Crippen molar-refractivity contribution in [3.05, 3.63) is 60.1 Å². The third-order valence-electron chi connectivity index (χ3n) is 4.51. The van der Waals surface area contributed by atoms with Crippen LogP contribution in [0.15, 0.2) is 57.8 Å². The van der Waals surface area contributed by atoms with Crippen LogP contribution in [0.4, 0.5) is 4.39 Å². The molecule has 0 radical (unpaired) electrons. The van der Waals surface area contributed by atoms with Gasteiger partial charge in [0, 0.05) is 5.39 Å². The molecule has 0 fully saturated rings. The number of sulfone groups is 1. The van der Waals surface area contributed by atoms with Crippen LogP contribution < -0.4 is 10.1 Å². The smallest absolute Gasteiger partial charge is 0.239 e. The lowest BCUT2D eigenvalue weighted by atomic mass is 10.2. The molecule has 3 rings (SSSR count). The number of hydrogen-bond acceptors (Lipinski definition) is 5. The highest BCUT2D eigenvalue weighted by Crippen LogP contribution is 2.31. The summed E-state index contributed by atoms with van der Waals surface area (Å²) in [6.45, 7) is 2.99. The highest BCUT2D eigenvalue weighted by Gasteiger charge is 2.31. The predicted octanol–water partition coefficient (Wildman–Crippen LogP) is 3.62. The van der Waals surface area contributed by atoms with Gasteiger partial charge in [-0.1, -0.05) is 12.1 Å². The lowest BCUT2D eigenvalue weighted by molar-refractivity contribution is -0.121. The van der Waals surface area contributed by atoms with E-state index < -0.39 is 32.9 Å². The second-order valence-corrected chi connectivity index (χ2v) is 8.67. The molecule has 8 heteroatoms. The Morgan fingerprint density at radius 1 is 1.14 bits per heavy atom. The van der Waals surface area contributed by atoms with E-state index in [1.54, 1.807) is 19.1 Å². The van der Waals surface area contributed by atoms with Crippen LogP contribution in [0.5, 0.6) is 5.75 Å². The summed E-state index contributed by atoms with van der Waals surface area (Å²) in [7, 11) is -2.42. The first kappa shape index (κ1) is 19.9. The number of nitrogens with one attached hydrogen (secondary N) is 1. The number of para-hydroxylation sites is 1. The maximum atomic E-state index is 13.0. The molecular formula is C20H20FNO5S. The zero-order valence-electron chi connectivity index (χ0n) is 15.6. The van der Waals surface area contributed by atoms with Gasteiger partial charge in [-0.3, -0.25) is 4.79 Å². The van der Waals surface area contributed by atoms with Crippen molar-refractivity contribution in [2.75, 3.05) is 7.11 Å². The van der Waals surface area contributed by atoms with Crippen LogP contribution in [0, 0.1) is 5.82 Å². The molecular weight excluding hydrogens is 385 g/mol. The molecule has 0 bridgehead atoms. The maximum absolute atomic E-state index is 13.0. The standard InChI is InChI=1S/C20H20FNO5S/c1-12(18-11-14-5-4-6-17(26-3)19(14)27-18)22-20(23)13(2)28(24,25)16-9-7-15(21)8-10-16/h4-13H,1-3H3,(H,22,23). The van der Waals surface area contributed by atoms with Gasteiger partial charge in [0.1, 0.15) is 16.8 Å². The molecule has 0 aliphatic heterocycles. The monoisotopic (exact) mass is 405 g/mol. The number of fused-ring (bicyclic) bond motifs is 1. The normalized spacial score (nSPS) is 13.9. The molecule has 1 N–H and O–H groups in total. The van der Waals surface area contributed by atoms with Crippen molar-refractivity contribution in [2.24, 2.45) is 0 Å². The third-order valence-corrected chi connectivity index (χ3v) is 6.58. The Kier molecular flexibility index (Phi) is 5.42. The van der Waals surface area contributed by atoms with Gasteiger partial charge in [-0.05, 0) is 50.2 Å². The van der Waals surface area contributed by atoms with Crippen molar-refractivity contribution >= 4 is 26.7 Å². The van der Waals surface area contributed by atoms with Crippen molar-refractivity contribution in [1.29, 1.82) is 0 Å². The molecule has 0 aliphatic rings. The number of carbonyl (C=O) groups is 1. The molecule has 0 spiro atoms. The Labute approximate surface area is 162 Å². The van der Waals surface area contributed by atoms with E-state index in [1.165, 1.54) is 14.0 Å². The van der Waals surface area contributed by atoms with Crippen molar-refractivity contribution < 1.29 is 26.8 Å². The topological polar surface area (TPSA) is 85.6 Å². The number of amides is 1. The van der Waals surface area contributed by atoms with E-state index in [9.17, 15) is 17.6 Å². The fraction of sp³-hybridized carbons (Fsp3) is 0.250. The minimum Gasteiger partial charge on any atom is -0.493 e. The summed E-state index contributed by atoms with van der Waals surface area (Å²) < 4.78 is 49.3. The highest BCUT2D eigenvalue weighted by molar-refractivity contribution is 7.92. The van der Waals surface area contributed by atoms with E-state index >= 15 is 0 Å². The molecule has 1 amide bonds. The number of methoxy groups -OCH3 is 1. The number of rotatable bonds is 6. The van der Waals surface area contributed by atoms with Gasteiger partial charge in [-0.25, -0.2) is 12.8 Å². The maximum Gasteiger partial charge on any atom is 0.239 e. The third kappa shape index (κ3) is 3.73. The highest BCUT2D eigenvalue weighted by atomic mass is 32.2. The number of carbonyl (C=O) groups excluding carboxylic acids is 1. The Balaban J connectivity index is 1.79. The van der Waals surface area contributed by atoms with Crippen molar-refractivity contribution in [3.8, 4) is 5.75 Å². The SMILES string of the molecule is COc1cccc2cc(C(C)NC(=O)C(C)S(=O)(=O)c3ccc(F)cc3)oc12. The van der Waals surface area contributed by atoms with E-state index in [4.69, 9.17) is 9.15 Å². The minimum atomic E-state index is -3.95. The van der Waals surface area contributed by atoms with Gasteiger partial charge in [0.25, 0.3) is 0 Å². The number of benzene rings is 2. The molecule has 0 saturated carbocycles. The Morgan fingerprint density at radius 3 is 2.46 bits per heavy atom. The number of halogens is 1. The summed E-state index contributed by atoms with van der Waals surface area (Å²) in [4.78, 5) is 12.4. The van der Waals surface area contributed by atoms with Crippen molar-refractivity contribution in [1.82, 2.24) is 5.32 Å². The van der Waals surface area contributed by atoms with Gasteiger partial charge in [0.05, 0.1) is 18.0 Å². The number of ether oxygens (including phenoxy) is 1. The van der Waals surface area contributed by atoms with Crippen LogP contribution >= 0.6 is 0 Å². The number of hydrogen-bond donors (Lipinski definition) is 1. The van der Waals surface area contributed by atoms with E-state index in [2.05, 4.69) is 5.32 Å². The van der Waals surface area contributed by atoms with Gasteiger partial charge < -0.3 is 14.5 Å². The van der Waals surface area contributed by atoms with Gasteiger partial charge in [0.2, 0.25) is 5.91 Å². The Hall–Kier alpha value is -2.87. The van der Waals surface area contributed by atoms with E-state index in [0.717, 1.165) is 29.7 Å². The van der Waals surface area contributed by atoms with Crippen LogP contribution in [-0.2, 0) is 14.6 Å². The van der Waals surface area contributed by atoms with E-state index in [0.29, 0.717) is 17.1 Å². The van der Waals surface area contributed by atoms with E-state index in [1.807, 2.05) is 12.1 Å². The first-order valence-electron chi connectivity index (χ1n) is 8.60. The second kappa shape index (κ2) is 7.63. The van der Waals surface area contributed by atoms with Crippen LogP contribution in [-0.4, -0.2) is 26.7 Å². The van der Waals surface area contributed by atoms with E-state index in [-0.39, 0.29) is 4.90 Å². The summed E-state index contributed by atoms with van der Waals surface area (Å²) >= 11 is 0. The molecule has 6 nitrogen and oxygen atoms in total. The number of furan rings is 1. The van der Waals surface area contributed by atoms with Crippen LogP contribution in [0.3, 0.4) is 0 Å². The molecule has 3 aromatic rings. The zero-order valence-corrected chi connectivity index (χ0v) is 16.4. The molecule has 2 unspecified atom stereocenters. The Bertz CT molecular complexity index is 1110. The summed E-state index contributed by atoms with van der Waals surface area (Å²) in [6.07, 6.45) is 0. The first-order chi connectivity index (χ1) is 13.2. The largest absolute Gasteiger partial charge is 0.493 e. The second-order valence-electron chi connectivity index (χ2n) is 6.40. The molecule has 2 aromatic carbocycles. The summed E-state index contributed by atoms with van der Waals surface area (Å²) in [5.74, 6) is -0.192. The molecule has 2 atom stereocenters. The first-order valence-corrected chi connectivity index (χ1v) is 10.1. The van der Waals surface area contributed by atoms with Gasteiger partial charge in [0.15, 0.2) is 21.2 Å². The summed E-state index contributed by atoms with van der Waals surface area (Å²) in [6, 6.07) is 11.0. The molecule has 1 aromatic heterocycles. The average molecular weight is 405 g/mol. The Morgan fingerprint density at radius 2 is 1.82 bits per heavy atom. The predicted molar refractivity (Wildman–Crippen MR) is 102 cm³/mol. The fourth-order valence-electron chi connectivity index (χ4n) is 2.80. The summed E-state index contributed by atoms with van der Waals surface area (Å²) in [5.41, 5.74) is 0.549. The van der Waals surface area contributed by atoms with Crippen LogP contribution in [0.1, 0.15) is 25.6 Å². The lowest BCUT2D eigenvalue weighted by Crippen LogP contribution is -2.39. The molecule has 0 aliphatic carbocycles. The zero-order chi connectivity index (χ0) is 20.5. The van der Waals surface area contributed by atoms with Gasteiger partial charge in [-0.2, -0.15) is 0 Å². The van der Waals surface area contributed by atoms with Crippen molar-refractivity contribution in [2.45, 2.75) is 30.0 Å². The lowest BCUT2D eigenvalue weighted by Gasteiger charge is -2.16. The van der Waals surface area contributed by atoms with Crippen molar-refractivity contribution in [3.63, 3.8) is 0 Å². The summed E-state index contributed by atoms with van der Waals surface area (Å²) in [5, 5.41) is 2.11.